The van der Waals surface area contributed by atoms with Gasteiger partial charge < -0.3 is 14.8 Å². The van der Waals surface area contributed by atoms with Gasteiger partial charge in [-0.05, 0) is 31.5 Å². The Kier molecular flexibility index (Phi) is 6.20. The van der Waals surface area contributed by atoms with Crippen LogP contribution in [-0.4, -0.2) is 64.6 Å². The van der Waals surface area contributed by atoms with Gasteiger partial charge in [0.05, 0.1) is 12.6 Å². The molecule has 7 nitrogen and oxygen atoms in total. The number of halogens is 1. The van der Waals surface area contributed by atoms with Crippen LogP contribution in [0.2, 0.25) is 0 Å². The van der Waals surface area contributed by atoms with Crippen molar-refractivity contribution in [1.29, 1.82) is 0 Å². The second kappa shape index (κ2) is 8.60. The van der Waals surface area contributed by atoms with Crippen LogP contribution < -0.4 is 5.32 Å². The van der Waals surface area contributed by atoms with Gasteiger partial charge in [0.25, 0.3) is 5.91 Å². The van der Waals surface area contributed by atoms with Gasteiger partial charge in [0.2, 0.25) is 5.89 Å². The molecule has 3 rings (SSSR count). The van der Waals surface area contributed by atoms with Gasteiger partial charge in [-0.15, -0.1) is 0 Å². The number of nitrogens with one attached hydrogen (secondary N) is 1. The first-order valence-corrected chi connectivity index (χ1v) is 9.05. The summed E-state index contributed by atoms with van der Waals surface area (Å²) in [6, 6.07) is 4.53. The quantitative estimate of drug-likeness (QED) is 0.801. The molecule has 1 unspecified atom stereocenters. The highest BCUT2D eigenvalue weighted by atomic mass is 19.1. The molecule has 0 spiro atoms. The first kappa shape index (κ1) is 19.5. The van der Waals surface area contributed by atoms with Crippen LogP contribution in [0.15, 0.2) is 28.9 Å². The van der Waals surface area contributed by atoms with Crippen molar-refractivity contribution in [1.82, 2.24) is 14.8 Å². The lowest BCUT2D eigenvalue weighted by molar-refractivity contribution is 0.0747. The Labute approximate surface area is 157 Å². The van der Waals surface area contributed by atoms with E-state index in [1.54, 1.807) is 26.0 Å². The standard InChI is InChI=1S/C19H25FN4O3/c1-13-3-4-15(9-16(13)20)21-19(26)17-12-27-18(22-17)11-24-7-5-23(6-8-24)10-14(2)25/h3-4,9,12,14,25H,5-8,10-11H2,1-2H3,(H,21,26). The third-order valence-corrected chi connectivity index (χ3v) is 4.56. The molecule has 0 radical (unpaired) electrons. The minimum Gasteiger partial charge on any atom is -0.447 e. The number of oxazole rings is 1. The van der Waals surface area contributed by atoms with E-state index in [1.807, 2.05) is 0 Å². The summed E-state index contributed by atoms with van der Waals surface area (Å²) in [5, 5.41) is 12.1. The molecule has 146 valence electrons. The SMILES string of the molecule is Cc1ccc(NC(=O)c2coc(CN3CCN(CC(C)O)CC3)n2)cc1F. The number of anilines is 1. The number of carbonyl (C=O) groups is 1. The van der Waals surface area contributed by atoms with E-state index in [4.69, 9.17) is 4.42 Å². The summed E-state index contributed by atoms with van der Waals surface area (Å²) >= 11 is 0. The van der Waals surface area contributed by atoms with Gasteiger partial charge in [0.1, 0.15) is 12.1 Å². The number of piperazine rings is 1. The van der Waals surface area contributed by atoms with Crippen LogP contribution in [0.25, 0.3) is 0 Å². The molecular weight excluding hydrogens is 351 g/mol. The van der Waals surface area contributed by atoms with Crippen molar-refractivity contribution in [3.63, 3.8) is 0 Å². The number of benzene rings is 1. The number of aryl methyl sites for hydroxylation is 1. The third kappa shape index (κ3) is 5.35. The highest BCUT2D eigenvalue weighted by Crippen LogP contribution is 2.15. The fourth-order valence-corrected chi connectivity index (χ4v) is 3.05. The van der Waals surface area contributed by atoms with E-state index in [9.17, 15) is 14.3 Å². The van der Waals surface area contributed by atoms with E-state index in [2.05, 4.69) is 20.1 Å². The number of β-amino-alcohol motifs (C(OH)–C–C–N with tert-alkyl or cyclic N) is 1. The largest absolute Gasteiger partial charge is 0.447 e. The minimum absolute atomic E-state index is 0.165. The molecule has 1 fully saturated rings. The number of aromatic nitrogens is 1. The average molecular weight is 376 g/mol. The van der Waals surface area contributed by atoms with Crippen LogP contribution >= 0.6 is 0 Å². The Bertz CT molecular complexity index is 785. The van der Waals surface area contributed by atoms with E-state index >= 15 is 0 Å². The predicted octanol–water partition coefficient (Wildman–Crippen LogP) is 1.87. The lowest BCUT2D eigenvalue weighted by Crippen LogP contribution is -2.47. The molecule has 2 aromatic rings. The number of hydrogen-bond acceptors (Lipinski definition) is 6. The van der Waals surface area contributed by atoms with Crippen molar-refractivity contribution in [3.05, 3.63) is 47.4 Å². The van der Waals surface area contributed by atoms with Crippen LogP contribution in [0, 0.1) is 12.7 Å². The molecule has 0 bridgehead atoms. The monoisotopic (exact) mass is 376 g/mol. The number of aliphatic hydroxyl groups excluding tert-OH is 1. The summed E-state index contributed by atoms with van der Waals surface area (Å²) in [4.78, 5) is 20.9. The van der Waals surface area contributed by atoms with Gasteiger partial charge >= 0.3 is 0 Å². The van der Waals surface area contributed by atoms with Crippen LogP contribution in [0.3, 0.4) is 0 Å². The highest BCUT2D eigenvalue weighted by molar-refractivity contribution is 6.02. The van der Waals surface area contributed by atoms with Crippen molar-refractivity contribution in [2.45, 2.75) is 26.5 Å². The zero-order valence-corrected chi connectivity index (χ0v) is 15.6. The van der Waals surface area contributed by atoms with E-state index in [-0.39, 0.29) is 17.6 Å². The second-order valence-electron chi connectivity index (χ2n) is 6.97. The number of nitrogens with zero attached hydrogens (tertiary/aromatic N) is 3. The number of hydrogen-bond donors (Lipinski definition) is 2. The van der Waals surface area contributed by atoms with E-state index in [1.165, 1.54) is 12.3 Å². The lowest BCUT2D eigenvalue weighted by atomic mass is 10.2. The molecule has 1 aliphatic rings. The average Bonchev–Trinajstić information content (AvgIpc) is 3.08. The van der Waals surface area contributed by atoms with E-state index in [0.29, 0.717) is 30.2 Å². The third-order valence-electron chi connectivity index (χ3n) is 4.56. The fraction of sp³-hybridized carbons (Fsp3) is 0.474. The topological polar surface area (TPSA) is 81.8 Å². The minimum atomic E-state index is -0.435. The molecule has 1 amide bonds. The molecular formula is C19H25FN4O3. The molecule has 2 N–H and O–H groups in total. The summed E-state index contributed by atoms with van der Waals surface area (Å²) < 4.78 is 19.0. The van der Waals surface area contributed by atoms with Crippen LogP contribution in [0.1, 0.15) is 28.9 Å². The summed E-state index contributed by atoms with van der Waals surface area (Å²) in [7, 11) is 0. The first-order chi connectivity index (χ1) is 12.9. The molecule has 1 atom stereocenters. The normalized spacial score (nSPS) is 17.0. The Morgan fingerprint density at radius 2 is 2.04 bits per heavy atom. The molecule has 8 heteroatoms. The van der Waals surface area contributed by atoms with Gasteiger partial charge in [0, 0.05) is 38.4 Å². The van der Waals surface area contributed by atoms with Gasteiger partial charge in [0.15, 0.2) is 5.69 Å². The number of carbonyl (C=O) groups excluding carboxylic acids is 1. The maximum absolute atomic E-state index is 13.6. The number of aliphatic hydroxyl groups is 1. The van der Waals surface area contributed by atoms with Crippen LogP contribution in [-0.2, 0) is 6.54 Å². The summed E-state index contributed by atoms with van der Waals surface area (Å²) in [5.74, 6) is -0.336. The molecule has 0 aliphatic carbocycles. The summed E-state index contributed by atoms with van der Waals surface area (Å²) in [5.41, 5.74) is 1.06. The van der Waals surface area contributed by atoms with Crippen LogP contribution in [0.4, 0.5) is 10.1 Å². The fourth-order valence-electron chi connectivity index (χ4n) is 3.05. The Morgan fingerprint density at radius 3 is 2.70 bits per heavy atom. The Balaban J connectivity index is 1.52. The summed E-state index contributed by atoms with van der Waals surface area (Å²) in [6.45, 7) is 8.09. The Morgan fingerprint density at radius 1 is 1.33 bits per heavy atom. The van der Waals surface area contributed by atoms with Crippen molar-refractivity contribution in [2.75, 3.05) is 38.0 Å². The van der Waals surface area contributed by atoms with Gasteiger partial charge in [-0.1, -0.05) is 6.07 Å². The molecule has 2 heterocycles. The smallest absolute Gasteiger partial charge is 0.277 e. The molecule has 1 aromatic heterocycles. The van der Waals surface area contributed by atoms with Crippen molar-refractivity contribution < 1.29 is 18.7 Å². The molecule has 0 saturated carbocycles. The molecule has 1 aliphatic heterocycles. The predicted molar refractivity (Wildman–Crippen MR) is 99.0 cm³/mol. The van der Waals surface area contributed by atoms with E-state index < -0.39 is 5.91 Å². The van der Waals surface area contributed by atoms with Crippen molar-refractivity contribution >= 4 is 11.6 Å². The zero-order chi connectivity index (χ0) is 19.4. The van der Waals surface area contributed by atoms with Crippen molar-refractivity contribution in [2.24, 2.45) is 0 Å². The zero-order valence-electron chi connectivity index (χ0n) is 15.6. The molecule has 27 heavy (non-hydrogen) atoms. The second-order valence-corrected chi connectivity index (χ2v) is 6.97. The van der Waals surface area contributed by atoms with Gasteiger partial charge in [-0.2, -0.15) is 0 Å². The first-order valence-electron chi connectivity index (χ1n) is 9.05. The maximum atomic E-state index is 13.6. The van der Waals surface area contributed by atoms with Gasteiger partial charge in [-0.25, -0.2) is 9.37 Å². The number of rotatable bonds is 6. The maximum Gasteiger partial charge on any atom is 0.277 e. The van der Waals surface area contributed by atoms with Crippen LogP contribution in [0.5, 0.6) is 0 Å². The van der Waals surface area contributed by atoms with Crippen molar-refractivity contribution in [3.8, 4) is 0 Å². The number of amides is 1. The van der Waals surface area contributed by atoms with Gasteiger partial charge in [-0.3, -0.25) is 14.6 Å². The highest BCUT2D eigenvalue weighted by Gasteiger charge is 2.20. The lowest BCUT2D eigenvalue weighted by Gasteiger charge is -2.34. The molecule has 1 saturated heterocycles. The summed E-state index contributed by atoms with van der Waals surface area (Å²) in [6.07, 6.45) is 0.991. The Hall–Kier alpha value is -2.29. The van der Waals surface area contributed by atoms with E-state index in [0.717, 1.165) is 26.2 Å². The molecule has 1 aromatic carbocycles.